The summed E-state index contributed by atoms with van der Waals surface area (Å²) < 4.78 is 25.3. The fraction of sp³-hybridized carbons (Fsp3) is 0.517. The van der Waals surface area contributed by atoms with Gasteiger partial charge in [0.1, 0.15) is 20.9 Å². The maximum atomic E-state index is 13.9. The highest BCUT2D eigenvalue weighted by atomic mass is 32.2. The Hall–Kier alpha value is -3.13. The molecule has 1 aromatic carbocycles. The van der Waals surface area contributed by atoms with Crippen molar-refractivity contribution in [2.45, 2.75) is 57.7 Å². The smallest absolute Gasteiger partial charge is 0.276 e. The van der Waals surface area contributed by atoms with Crippen LogP contribution in [0.25, 0.3) is 16.3 Å². The second kappa shape index (κ2) is 12.2. The third kappa shape index (κ3) is 6.59. The number of para-hydroxylation sites is 1. The summed E-state index contributed by atoms with van der Waals surface area (Å²) in [5.74, 6) is -1.42. The van der Waals surface area contributed by atoms with Gasteiger partial charge in [-0.25, -0.2) is 13.4 Å². The molecule has 2 fully saturated rings. The van der Waals surface area contributed by atoms with Crippen LogP contribution in [0.1, 0.15) is 44.5 Å². The summed E-state index contributed by atoms with van der Waals surface area (Å²) in [6.07, 6.45) is 6.24. The first-order valence-electron chi connectivity index (χ1n) is 14.2. The quantitative estimate of drug-likeness (QED) is 0.416. The summed E-state index contributed by atoms with van der Waals surface area (Å²) in [6.45, 7) is 5.45. The van der Waals surface area contributed by atoms with Crippen LogP contribution in [0.3, 0.4) is 0 Å². The molecule has 2 aromatic rings. The van der Waals surface area contributed by atoms with Crippen molar-refractivity contribution in [1.29, 1.82) is 0 Å². The Balaban J connectivity index is 1.53. The van der Waals surface area contributed by atoms with Gasteiger partial charge in [-0.1, -0.05) is 26.0 Å². The van der Waals surface area contributed by atoms with E-state index in [4.69, 9.17) is 4.84 Å². The monoisotopic (exact) mass is 615 g/mol. The third-order valence-corrected chi connectivity index (χ3v) is 9.69. The minimum Gasteiger partial charge on any atom is -0.310 e. The first kappa shape index (κ1) is 30.3. The van der Waals surface area contributed by atoms with E-state index in [0.29, 0.717) is 24.3 Å². The normalized spacial score (nSPS) is 22.9. The maximum Gasteiger partial charge on any atom is 0.276 e. The van der Waals surface area contributed by atoms with Gasteiger partial charge in [0.05, 0.1) is 22.2 Å². The fourth-order valence-electron chi connectivity index (χ4n) is 5.54. The van der Waals surface area contributed by atoms with Gasteiger partial charge in [0.15, 0.2) is 11.9 Å². The number of benzene rings is 1. The Bertz CT molecular complexity index is 1490. The van der Waals surface area contributed by atoms with E-state index in [0.717, 1.165) is 34.6 Å². The molecule has 1 aromatic heterocycles. The zero-order chi connectivity index (χ0) is 30.2. The maximum absolute atomic E-state index is 13.9. The largest absolute Gasteiger partial charge is 0.310 e. The lowest BCUT2D eigenvalue weighted by Crippen LogP contribution is -2.64. The molecule has 2 saturated heterocycles. The molecule has 4 heterocycles. The molecule has 226 valence electrons. The lowest BCUT2D eigenvalue weighted by atomic mass is 9.98. The molecule has 3 aliphatic heterocycles. The predicted molar refractivity (Wildman–Crippen MR) is 160 cm³/mol. The zero-order valence-corrected chi connectivity index (χ0v) is 25.9. The molecular formula is C29H37N5O6S2. The van der Waals surface area contributed by atoms with Crippen molar-refractivity contribution < 1.29 is 27.6 Å². The van der Waals surface area contributed by atoms with Crippen LogP contribution in [-0.4, -0.2) is 101 Å². The van der Waals surface area contributed by atoms with Crippen LogP contribution >= 0.6 is 11.3 Å². The molecule has 2 atom stereocenters. The Morgan fingerprint density at radius 1 is 1.17 bits per heavy atom. The van der Waals surface area contributed by atoms with E-state index in [1.165, 1.54) is 28.5 Å². The summed E-state index contributed by atoms with van der Waals surface area (Å²) in [7, 11) is -1.41. The standard InChI is InChI=1S/C29H37N5O6S2/c1-19(2)17-23-29(37)33-22(13-16-42(4,38)39)28(36)32(20-11-14-31(3)15-12-20)18-26(33)34(40-23)27(35)10-9-25-30-21-7-5-6-8-24(21)41-25/h5-10,18-20,22-23H,11-17H2,1-4H3/b10-9+/t22-,23+/m0/s1. The molecule has 11 nitrogen and oxygen atoms in total. The summed E-state index contributed by atoms with van der Waals surface area (Å²) in [4.78, 5) is 57.1. The van der Waals surface area contributed by atoms with Gasteiger partial charge < -0.3 is 9.80 Å². The number of thiazole rings is 1. The van der Waals surface area contributed by atoms with Crippen LogP contribution in [-0.2, 0) is 29.1 Å². The van der Waals surface area contributed by atoms with Crippen molar-refractivity contribution in [2.75, 3.05) is 32.1 Å². The number of likely N-dealkylation sites (tertiary alicyclic amines) is 1. The lowest BCUT2D eigenvalue weighted by Gasteiger charge is -2.49. The first-order valence-corrected chi connectivity index (χ1v) is 17.1. The number of hydrogen-bond donors (Lipinski definition) is 0. The molecule has 0 bridgehead atoms. The van der Waals surface area contributed by atoms with Gasteiger partial charge in [-0.15, -0.1) is 11.3 Å². The zero-order valence-electron chi connectivity index (χ0n) is 24.3. The van der Waals surface area contributed by atoms with Gasteiger partial charge in [0.2, 0.25) is 5.91 Å². The fourth-order valence-corrected chi connectivity index (χ4v) is 7.06. The molecule has 13 heteroatoms. The number of carbonyl (C=O) groups is 3. The van der Waals surface area contributed by atoms with Crippen molar-refractivity contribution in [3.8, 4) is 0 Å². The summed E-state index contributed by atoms with van der Waals surface area (Å²) in [6, 6.07) is 6.45. The second-order valence-electron chi connectivity index (χ2n) is 11.6. The molecule has 0 aliphatic carbocycles. The Morgan fingerprint density at radius 3 is 2.55 bits per heavy atom. The van der Waals surface area contributed by atoms with Crippen LogP contribution in [0.5, 0.6) is 0 Å². The van der Waals surface area contributed by atoms with Crippen molar-refractivity contribution in [3.63, 3.8) is 0 Å². The van der Waals surface area contributed by atoms with Crippen molar-refractivity contribution in [1.82, 2.24) is 24.7 Å². The number of fused-ring (bicyclic) bond motifs is 2. The van der Waals surface area contributed by atoms with Gasteiger partial charge in [-0.05, 0) is 69.9 Å². The van der Waals surface area contributed by atoms with Crippen LogP contribution in [0.4, 0.5) is 0 Å². The number of sulfone groups is 1. The average Bonchev–Trinajstić information content (AvgIpc) is 3.35. The van der Waals surface area contributed by atoms with Gasteiger partial charge in [-0.2, -0.15) is 5.06 Å². The van der Waals surface area contributed by atoms with Crippen LogP contribution in [0.2, 0.25) is 0 Å². The van der Waals surface area contributed by atoms with Crippen LogP contribution < -0.4 is 0 Å². The van der Waals surface area contributed by atoms with Crippen molar-refractivity contribution >= 4 is 55.2 Å². The van der Waals surface area contributed by atoms with E-state index in [-0.39, 0.29) is 35.9 Å². The molecule has 5 rings (SSSR count). The van der Waals surface area contributed by atoms with Gasteiger partial charge >= 0.3 is 0 Å². The van der Waals surface area contributed by atoms with Crippen molar-refractivity contribution in [2.24, 2.45) is 5.92 Å². The number of rotatable bonds is 8. The summed E-state index contributed by atoms with van der Waals surface area (Å²) in [5.41, 5.74) is 0.827. The molecule has 0 unspecified atom stereocenters. The van der Waals surface area contributed by atoms with Gasteiger partial charge in [0.25, 0.3) is 11.8 Å². The van der Waals surface area contributed by atoms with Crippen molar-refractivity contribution in [3.05, 3.63) is 47.4 Å². The topological polar surface area (TPSA) is 120 Å². The number of hydrogen-bond acceptors (Lipinski definition) is 9. The van der Waals surface area contributed by atoms with E-state index in [9.17, 15) is 22.8 Å². The molecule has 42 heavy (non-hydrogen) atoms. The number of amides is 3. The van der Waals surface area contributed by atoms with E-state index < -0.39 is 33.8 Å². The lowest BCUT2D eigenvalue weighted by molar-refractivity contribution is -0.226. The SMILES string of the molecule is CC(C)C[C@H]1ON(C(=O)/C=C/c2nc3ccccc3s2)C2=CN(C3CCN(C)CC3)C(=O)[C@H](CCS(C)(=O)=O)N2C1=O. The molecule has 3 amide bonds. The first-order chi connectivity index (χ1) is 19.9. The Labute approximate surface area is 250 Å². The molecule has 3 aliphatic rings. The molecular weight excluding hydrogens is 578 g/mol. The molecule has 0 spiro atoms. The average molecular weight is 616 g/mol. The Kier molecular flexibility index (Phi) is 8.83. The number of hydroxylamine groups is 2. The van der Waals surface area contributed by atoms with E-state index >= 15 is 0 Å². The Morgan fingerprint density at radius 2 is 1.88 bits per heavy atom. The summed E-state index contributed by atoms with van der Waals surface area (Å²) in [5, 5.41) is 1.72. The number of aromatic nitrogens is 1. The number of carbonyl (C=O) groups excluding carboxylic acids is 3. The number of nitrogens with zero attached hydrogens (tertiary/aromatic N) is 5. The van der Waals surface area contributed by atoms with E-state index in [2.05, 4.69) is 9.88 Å². The second-order valence-corrected chi connectivity index (χ2v) is 14.9. The van der Waals surface area contributed by atoms with Crippen LogP contribution in [0.15, 0.2) is 42.4 Å². The van der Waals surface area contributed by atoms with Gasteiger partial charge in [0, 0.05) is 18.4 Å². The highest BCUT2D eigenvalue weighted by Crippen LogP contribution is 2.35. The number of piperidine rings is 1. The van der Waals surface area contributed by atoms with Gasteiger partial charge in [-0.3, -0.25) is 24.1 Å². The van der Waals surface area contributed by atoms with Crippen LogP contribution in [0, 0.1) is 5.92 Å². The molecule has 0 radical (unpaired) electrons. The highest BCUT2D eigenvalue weighted by molar-refractivity contribution is 7.90. The third-order valence-electron chi connectivity index (χ3n) is 7.71. The minimum atomic E-state index is -3.43. The van der Waals surface area contributed by atoms with E-state index in [1.807, 2.05) is 45.2 Å². The predicted octanol–water partition coefficient (Wildman–Crippen LogP) is 2.87. The highest BCUT2D eigenvalue weighted by Gasteiger charge is 2.50. The van der Waals surface area contributed by atoms with E-state index in [1.54, 1.807) is 11.0 Å². The molecule has 0 N–H and O–H groups in total. The summed E-state index contributed by atoms with van der Waals surface area (Å²) >= 11 is 1.44. The molecule has 0 saturated carbocycles. The minimum absolute atomic E-state index is 0.0606.